The van der Waals surface area contributed by atoms with Gasteiger partial charge in [-0.15, -0.1) is 11.6 Å². The number of hydrogen-bond acceptors (Lipinski definition) is 2. The first-order valence-corrected chi connectivity index (χ1v) is 8.12. The van der Waals surface area contributed by atoms with Crippen LogP contribution in [0.4, 0.5) is 0 Å². The van der Waals surface area contributed by atoms with Crippen LogP contribution in [0.25, 0.3) is 0 Å². The average Bonchev–Trinajstić information content (AvgIpc) is 3.16. The van der Waals surface area contributed by atoms with Gasteiger partial charge in [0.25, 0.3) is 0 Å². The van der Waals surface area contributed by atoms with Gasteiger partial charge in [0.2, 0.25) is 0 Å². The van der Waals surface area contributed by atoms with Gasteiger partial charge in [0.15, 0.2) is 0 Å². The van der Waals surface area contributed by atoms with E-state index in [0.29, 0.717) is 18.5 Å². The molecule has 0 bridgehead atoms. The molecule has 1 saturated carbocycles. The van der Waals surface area contributed by atoms with Crippen molar-refractivity contribution >= 4 is 11.6 Å². The van der Waals surface area contributed by atoms with Gasteiger partial charge in [-0.1, -0.05) is 31.0 Å². The second kappa shape index (κ2) is 6.52. The van der Waals surface area contributed by atoms with Crippen LogP contribution in [0.1, 0.15) is 48.5 Å². The molecule has 1 aromatic heterocycles. The number of hydrogen-bond donors (Lipinski definition) is 0. The van der Waals surface area contributed by atoms with E-state index in [0.717, 1.165) is 22.6 Å². The fourth-order valence-electron chi connectivity index (χ4n) is 3.00. The van der Waals surface area contributed by atoms with Crippen molar-refractivity contribution < 1.29 is 4.74 Å². The smallest absolute Gasteiger partial charge is 0.132 e. The molecule has 3 rings (SSSR count). The highest BCUT2D eigenvalue weighted by Crippen LogP contribution is 2.29. The van der Waals surface area contributed by atoms with Gasteiger partial charge in [0.05, 0.1) is 17.6 Å². The predicted octanol–water partition coefficient (Wildman–Crippen LogP) is 4.62. The molecule has 1 aliphatic carbocycles. The van der Waals surface area contributed by atoms with E-state index in [1.807, 2.05) is 25.1 Å². The van der Waals surface area contributed by atoms with E-state index in [9.17, 15) is 0 Å². The Morgan fingerprint density at radius 3 is 2.86 bits per heavy atom. The van der Waals surface area contributed by atoms with Gasteiger partial charge in [-0.05, 0) is 31.4 Å². The molecule has 0 aliphatic heterocycles. The van der Waals surface area contributed by atoms with E-state index in [1.54, 1.807) is 0 Å². The minimum atomic E-state index is 0.466. The molecule has 112 valence electrons. The Balaban J connectivity index is 1.68. The largest absolute Gasteiger partial charge is 0.487 e. The van der Waals surface area contributed by atoms with Crippen molar-refractivity contribution in [3.8, 4) is 5.75 Å². The molecule has 1 aromatic carbocycles. The Kier molecular flexibility index (Phi) is 4.49. The van der Waals surface area contributed by atoms with E-state index in [4.69, 9.17) is 16.3 Å². The first-order chi connectivity index (χ1) is 10.3. The molecule has 0 saturated heterocycles. The lowest BCUT2D eigenvalue weighted by molar-refractivity contribution is 0.293. The fraction of sp³-hybridized carbons (Fsp3) is 0.471. The van der Waals surface area contributed by atoms with Gasteiger partial charge < -0.3 is 4.74 Å². The minimum absolute atomic E-state index is 0.466. The number of aryl methyl sites for hydroxylation is 1. The molecule has 1 heterocycles. The van der Waals surface area contributed by atoms with Crippen molar-refractivity contribution in [1.29, 1.82) is 0 Å². The lowest BCUT2D eigenvalue weighted by atomic mass is 10.1. The maximum absolute atomic E-state index is 5.98. The quantitative estimate of drug-likeness (QED) is 0.753. The minimum Gasteiger partial charge on any atom is -0.487 e. The highest BCUT2D eigenvalue weighted by molar-refractivity contribution is 6.17. The zero-order chi connectivity index (χ0) is 14.7. The molecule has 0 atom stereocenters. The van der Waals surface area contributed by atoms with Gasteiger partial charge in [-0.3, -0.25) is 4.68 Å². The third kappa shape index (κ3) is 3.24. The van der Waals surface area contributed by atoms with Crippen molar-refractivity contribution in [2.75, 3.05) is 0 Å². The molecular formula is C17H21ClN2O. The number of halogens is 1. The lowest BCUT2D eigenvalue weighted by Gasteiger charge is -2.12. The van der Waals surface area contributed by atoms with E-state index in [2.05, 4.69) is 22.0 Å². The molecule has 0 spiro atoms. The molecule has 2 aromatic rings. The van der Waals surface area contributed by atoms with Crippen LogP contribution < -0.4 is 4.74 Å². The third-order valence-electron chi connectivity index (χ3n) is 4.16. The van der Waals surface area contributed by atoms with Crippen LogP contribution in [-0.2, 0) is 12.5 Å². The summed E-state index contributed by atoms with van der Waals surface area (Å²) in [6.45, 7) is 2.54. The molecule has 3 nitrogen and oxygen atoms in total. The van der Waals surface area contributed by atoms with E-state index >= 15 is 0 Å². The van der Waals surface area contributed by atoms with Crippen molar-refractivity contribution in [1.82, 2.24) is 9.78 Å². The van der Waals surface area contributed by atoms with Gasteiger partial charge in [-0.2, -0.15) is 5.10 Å². The molecule has 0 radical (unpaired) electrons. The van der Waals surface area contributed by atoms with Crippen molar-refractivity contribution in [3.63, 3.8) is 0 Å². The number of rotatable bonds is 5. The van der Waals surface area contributed by atoms with Crippen LogP contribution in [0.15, 0.2) is 30.5 Å². The Morgan fingerprint density at radius 1 is 1.29 bits per heavy atom. The molecular weight excluding hydrogens is 284 g/mol. The summed E-state index contributed by atoms with van der Waals surface area (Å²) in [4.78, 5) is 0. The van der Waals surface area contributed by atoms with Crippen molar-refractivity contribution in [2.45, 2.75) is 51.1 Å². The lowest BCUT2D eigenvalue weighted by Crippen LogP contribution is -2.07. The van der Waals surface area contributed by atoms with Crippen LogP contribution >= 0.6 is 11.6 Å². The highest BCUT2D eigenvalue weighted by Gasteiger charge is 2.17. The number of benzene rings is 1. The summed E-state index contributed by atoms with van der Waals surface area (Å²) in [7, 11) is 0. The van der Waals surface area contributed by atoms with Crippen molar-refractivity contribution in [2.24, 2.45) is 0 Å². The van der Waals surface area contributed by atoms with Crippen LogP contribution in [0, 0.1) is 6.92 Å². The van der Waals surface area contributed by atoms with Crippen LogP contribution in [-0.4, -0.2) is 9.78 Å². The zero-order valence-electron chi connectivity index (χ0n) is 12.4. The number of ether oxygens (including phenoxy) is 1. The maximum atomic E-state index is 5.98. The third-order valence-corrected chi connectivity index (χ3v) is 4.45. The topological polar surface area (TPSA) is 27.1 Å². The average molecular weight is 305 g/mol. The summed E-state index contributed by atoms with van der Waals surface area (Å²) in [5.41, 5.74) is 3.13. The van der Waals surface area contributed by atoms with Gasteiger partial charge >= 0.3 is 0 Å². The molecule has 0 unspecified atom stereocenters. The molecule has 0 N–H and O–H groups in total. The van der Waals surface area contributed by atoms with E-state index < -0.39 is 0 Å². The molecule has 1 fully saturated rings. The summed E-state index contributed by atoms with van der Waals surface area (Å²) in [5.74, 6) is 1.36. The zero-order valence-corrected chi connectivity index (χ0v) is 13.1. The second-order valence-electron chi connectivity index (χ2n) is 5.71. The monoisotopic (exact) mass is 304 g/mol. The molecule has 1 aliphatic rings. The highest BCUT2D eigenvalue weighted by atomic mass is 35.5. The van der Waals surface area contributed by atoms with Crippen LogP contribution in [0.2, 0.25) is 0 Å². The summed E-state index contributed by atoms with van der Waals surface area (Å²) in [6, 6.07) is 8.69. The normalized spacial score (nSPS) is 15.5. The summed E-state index contributed by atoms with van der Waals surface area (Å²) >= 11 is 5.98. The van der Waals surface area contributed by atoms with E-state index in [1.165, 1.54) is 25.7 Å². The predicted molar refractivity (Wildman–Crippen MR) is 84.8 cm³/mol. The number of alkyl halides is 1. The summed E-state index contributed by atoms with van der Waals surface area (Å²) in [6.07, 6.45) is 7.21. The van der Waals surface area contributed by atoms with Crippen LogP contribution in [0.3, 0.4) is 0 Å². The Labute approximate surface area is 130 Å². The molecule has 4 heteroatoms. The van der Waals surface area contributed by atoms with Gasteiger partial charge in [0, 0.05) is 11.8 Å². The number of aromatic nitrogens is 2. The SMILES string of the molecule is Cc1cccc(CCl)c1OCc1ccn(C2CCCC2)n1. The fourth-order valence-corrected chi connectivity index (χ4v) is 3.21. The van der Waals surface area contributed by atoms with Crippen molar-refractivity contribution in [3.05, 3.63) is 47.3 Å². The van der Waals surface area contributed by atoms with Crippen LogP contribution in [0.5, 0.6) is 5.75 Å². The molecule has 0 amide bonds. The van der Waals surface area contributed by atoms with E-state index in [-0.39, 0.29) is 0 Å². The Hall–Kier alpha value is -1.48. The van der Waals surface area contributed by atoms with Gasteiger partial charge in [0.1, 0.15) is 12.4 Å². The second-order valence-corrected chi connectivity index (χ2v) is 5.98. The Morgan fingerprint density at radius 2 is 2.10 bits per heavy atom. The Bertz CT molecular complexity index is 603. The number of para-hydroxylation sites is 1. The first kappa shape index (κ1) is 14.5. The summed E-state index contributed by atoms with van der Waals surface area (Å²) < 4.78 is 8.06. The molecule has 21 heavy (non-hydrogen) atoms. The maximum Gasteiger partial charge on any atom is 0.132 e. The number of nitrogens with zero attached hydrogens (tertiary/aromatic N) is 2. The van der Waals surface area contributed by atoms with Gasteiger partial charge in [-0.25, -0.2) is 0 Å². The first-order valence-electron chi connectivity index (χ1n) is 7.59. The standard InChI is InChI=1S/C17H21ClN2O/c1-13-5-4-6-14(11-18)17(13)21-12-15-9-10-20(19-15)16-7-2-3-8-16/h4-6,9-10,16H,2-3,7-8,11-12H2,1H3. The summed E-state index contributed by atoms with van der Waals surface area (Å²) in [5, 5.41) is 4.65.